The monoisotopic (exact) mass is 288 g/mol. The first kappa shape index (κ1) is 13.5. The number of alkyl halides is 3. The van der Waals surface area contributed by atoms with E-state index in [9.17, 15) is 13.2 Å². The van der Waals surface area contributed by atoms with E-state index in [1.165, 1.54) is 0 Å². The number of benzene rings is 1. The van der Waals surface area contributed by atoms with Crippen LogP contribution in [0.5, 0.6) is 11.5 Å². The molecule has 2 aliphatic heterocycles. The van der Waals surface area contributed by atoms with Crippen LogP contribution in [0, 0.1) is 0 Å². The topological polar surface area (TPSA) is 31.0 Å². The van der Waals surface area contributed by atoms with Gasteiger partial charge in [0.25, 0.3) is 0 Å². The molecule has 0 spiro atoms. The summed E-state index contributed by atoms with van der Waals surface area (Å²) < 4.78 is 55.1. The Kier molecular flexibility index (Phi) is 2.73. The van der Waals surface area contributed by atoms with Crippen LogP contribution in [0.2, 0.25) is 0 Å². The minimum atomic E-state index is -4.41. The summed E-state index contributed by atoms with van der Waals surface area (Å²) in [6.07, 6.45) is -4.58. The standard InChI is InChI=1S/C14H15F3O3/c1-7-12(18-7)19-10-5-9(14(15,16)17)4-8-6-13(2,3)20-11(8)10/h4-5,7,12H,6H2,1-3H3. The molecule has 3 nitrogen and oxygen atoms in total. The fraction of sp³-hybridized carbons (Fsp3) is 0.571. The van der Waals surface area contributed by atoms with Gasteiger partial charge in [0.05, 0.1) is 5.56 Å². The Morgan fingerprint density at radius 1 is 1.30 bits per heavy atom. The molecule has 0 amide bonds. The number of rotatable bonds is 2. The molecule has 1 fully saturated rings. The minimum Gasteiger partial charge on any atom is -0.483 e. The molecule has 110 valence electrons. The van der Waals surface area contributed by atoms with Crippen LogP contribution in [-0.2, 0) is 17.3 Å². The van der Waals surface area contributed by atoms with Gasteiger partial charge in [-0.2, -0.15) is 13.2 Å². The zero-order valence-corrected chi connectivity index (χ0v) is 11.4. The van der Waals surface area contributed by atoms with Crippen LogP contribution in [0.4, 0.5) is 13.2 Å². The van der Waals surface area contributed by atoms with Gasteiger partial charge in [-0.25, -0.2) is 0 Å². The van der Waals surface area contributed by atoms with E-state index in [2.05, 4.69) is 0 Å². The number of fused-ring (bicyclic) bond motifs is 1. The molecule has 0 N–H and O–H groups in total. The van der Waals surface area contributed by atoms with Crippen LogP contribution in [-0.4, -0.2) is 18.0 Å². The molecule has 1 saturated heterocycles. The van der Waals surface area contributed by atoms with Gasteiger partial charge >= 0.3 is 6.18 Å². The van der Waals surface area contributed by atoms with Gasteiger partial charge in [0.2, 0.25) is 6.29 Å². The van der Waals surface area contributed by atoms with Gasteiger partial charge in [0.1, 0.15) is 11.7 Å². The third kappa shape index (κ3) is 2.44. The lowest BCUT2D eigenvalue weighted by atomic mass is 10.00. The van der Waals surface area contributed by atoms with Crippen LogP contribution in [0.15, 0.2) is 12.1 Å². The lowest BCUT2D eigenvalue weighted by molar-refractivity contribution is -0.137. The Labute approximate surface area is 114 Å². The highest BCUT2D eigenvalue weighted by Gasteiger charge is 2.42. The zero-order valence-electron chi connectivity index (χ0n) is 11.4. The number of hydrogen-bond acceptors (Lipinski definition) is 3. The largest absolute Gasteiger partial charge is 0.483 e. The van der Waals surface area contributed by atoms with Crippen molar-refractivity contribution in [2.24, 2.45) is 0 Å². The lowest BCUT2D eigenvalue weighted by Crippen LogP contribution is -2.24. The number of epoxide rings is 1. The van der Waals surface area contributed by atoms with Gasteiger partial charge in [-0.1, -0.05) is 0 Å². The third-order valence-electron chi connectivity index (χ3n) is 3.35. The smallest absolute Gasteiger partial charge is 0.416 e. The van der Waals surface area contributed by atoms with Crippen molar-refractivity contribution in [2.45, 2.75) is 51.4 Å². The molecular formula is C14H15F3O3. The van der Waals surface area contributed by atoms with E-state index in [0.29, 0.717) is 17.7 Å². The van der Waals surface area contributed by atoms with Gasteiger partial charge in [0.15, 0.2) is 11.5 Å². The molecule has 0 aliphatic carbocycles. The molecule has 2 unspecified atom stereocenters. The van der Waals surface area contributed by atoms with E-state index in [4.69, 9.17) is 14.2 Å². The maximum atomic E-state index is 12.9. The van der Waals surface area contributed by atoms with E-state index < -0.39 is 23.6 Å². The summed E-state index contributed by atoms with van der Waals surface area (Å²) >= 11 is 0. The first-order valence-corrected chi connectivity index (χ1v) is 6.41. The highest BCUT2D eigenvalue weighted by molar-refractivity contribution is 5.53. The molecule has 2 aliphatic rings. The Bertz CT molecular complexity index is 551. The van der Waals surface area contributed by atoms with Gasteiger partial charge < -0.3 is 14.2 Å². The molecule has 0 saturated carbocycles. The van der Waals surface area contributed by atoms with Crippen molar-refractivity contribution in [1.82, 2.24) is 0 Å². The van der Waals surface area contributed by atoms with E-state index in [-0.39, 0.29) is 11.9 Å². The van der Waals surface area contributed by atoms with Gasteiger partial charge in [-0.05, 0) is 32.9 Å². The normalized spacial score (nSPS) is 26.9. The molecule has 0 bridgehead atoms. The first-order valence-electron chi connectivity index (χ1n) is 6.41. The van der Waals surface area contributed by atoms with Crippen molar-refractivity contribution >= 4 is 0 Å². The highest BCUT2D eigenvalue weighted by Crippen LogP contribution is 2.46. The van der Waals surface area contributed by atoms with E-state index in [1.807, 2.05) is 13.8 Å². The average Bonchev–Trinajstić information content (AvgIpc) is 2.85. The molecule has 2 heterocycles. The van der Waals surface area contributed by atoms with Gasteiger partial charge in [0, 0.05) is 12.0 Å². The molecule has 0 radical (unpaired) electrons. The SMILES string of the molecule is CC1OC1Oc1cc(C(F)(F)F)cc2c1OC(C)(C)C2. The fourth-order valence-corrected chi connectivity index (χ4v) is 2.34. The Balaban J connectivity index is 2.01. The van der Waals surface area contributed by atoms with Crippen molar-refractivity contribution in [3.05, 3.63) is 23.3 Å². The van der Waals surface area contributed by atoms with Crippen LogP contribution < -0.4 is 9.47 Å². The maximum absolute atomic E-state index is 12.9. The molecular weight excluding hydrogens is 273 g/mol. The first-order chi connectivity index (χ1) is 9.16. The molecule has 0 aromatic heterocycles. The second kappa shape index (κ2) is 4.04. The Morgan fingerprint density at radius 3 is 2.50 bits per heavy atom. The minimum absolute atomic E-state index is 0.102. The van der Waals surface area contributed by atoms with Crippen LogP contribution in [0.1, 0.15) is 31.9 Å². The maximum Gasteiger partial charge on any atom is 0.416 e. The van der Waals surface area contributed by atoms with Crippen molar-refractivity contribution in [3.63, 3.8) is 0 Å². The van der Waals surface area contributed by atoms with E-state index in [0.717, 1.165) is 12.1 Å². The van der Waals surface area contributed by atoms with Crippen molar-refractivity contribution in [2.75, 3.05) is 0 Å². The highest BCUT2D eigenvalue weighted by atomic mass is 19.4. The average molecular weight is 288 g/mol. The quantitative estimate of drug-likeness (QED) is 0.780. The number of hydrogen-bond donors (Lipinski definition) is 0. The fourth-order valence-electron chi connectivity index (χ4n) is 2.34. The Morgan fingerprint density at radius 2 is 1.95 bits per heavy atom. The van der Waals surface area contributed by atoms with Gasteiger partial charge in [-0.15, -0.1) is 0 Å². The molecule has 20 heavy (non-hydrogen) atoms. The molecule has 1 aromatic carbocycles. The van der Waals surface area contributed by atoms with Crippen LogP contribution in [0.3, 0.4) is 0 Å². The molecule has 3 rings (SSSR count). The zero-order chi connectivity index (χ0) is 14.7. The van der Waals surface area contributed by atoms with E-state index in [1.54, 1.807) is 6.92 Å². The Hall–Kier alpha value is -1.43. The third-order valence-corrected chi connectivity index (χ3v) is 3.35. The van der Waals surface area contributed by atoms with Crippen molar-refractivity contribution < 1.29 is 27.4 Å². The summed E-state index contributed by atoms with van der Waals surface area (Å²) in [7, 11) is 0. The predicted molar refractivity (Wildman–Crippen MR) is 64.8 cm³/mol. The second-order valence-corrected chi connectivity index (χ2v) is 5.83. The van der Waals surface area contributed by atoms with E-state index >= 15 is 0 Å². The molecule has 6 heteroatoms. The summed E-state index contributed by atoms with van der Waals surface area (Å²) in [5, 5.41) is 0. The number of halogens is 3. The molecule has 2 atom stereocenters. The lowest BCUT2D eigenvalue weighted by Gasteiger charge is -2.18. The summed E-state index contributed by atoms with van der Waals surface area (Å²) in [5.41, 5.74) is -0.727. The molecule has 1 aromatic rings. The van der Waals surface area contributed by atoms with Crippen LogP contribution >= 0.6 is 0 Å². The van der Waals surface area contributed by atoms with Gasteiger partial charge in [-0.3, -0.25) is 0 Å². The second-order valence-electron chi connectivity index (χ2n) is 5.83. The number of ether oxygens (including phenoxy) is 3. The summed E-state index contributed by atoms with van der Waals surface area (Å²) in [4.78, 5) is 0. The summed E-state index contributed by atoms with van der Waals surface area (Å²) in [5.74, 6) is 0.500. The predicted octanol–water partition coefficient (Wildman–Crippen LogP) is 3.54. The summed E-state index contributed by atoms with van der Waals surface area (Å²) in [6.45, 7) is 5.46. The summed E-state index contributed by atoms with van der Waals surface area (Å²) in [6, 6.07) is 2.11. The van der Waals surface area contributed by atoms with Crippen molar-refractivity contribution in [1.29, 1.82) is 0 Å². The van der Waals surface area contributed by atoms with Crippen molar-refractivity contribution in [3.8, 4) is 11.5 Å². The van der Waals surface area contributed by atoms with Crippen LogP contribution in [0.25, 0.3) is 0 Å².